The zero-order valence-corrected chi connectivity index (χ0v) is 16.4. The van der Waals surface area contributed by atoms with Gasteiger partial charge in [0, 0.05) is 12.6 Å². The van der Waals surface area contributed by atoms with Crippen molar-refractivity contribution in [3.05, 3.63) is 89.5 Å². The van der Waals surface area contributed by atoms with Crippen LogP contribution in [0.5, 0.6) is 0 Å². The fraction of sp³-hybridized carbons (Fsp3) is 0.136. The molecule has 3 aromatic rings. The van der Waals surface area contributed by atoms with E-state index in [-0.39, 0.29) is 18.2 Å². The predicted molar refractivity (Wildman–Crippen MR) is 113 cm³/mol. The molecule has 0 bridgehead atoms. The van der Waals surface area contributed by atoms with Crippen molar-refractivity contribution in [2.75, 3.05) is 7.05 Å². The van der Waals surface area contributed by atoms with Crippen LogP contribution >= 0.6 is 0 Å². The Labute approximate surface area is 165 Å². The maximum absolute atomic E-state index is 12.2. The molecule has 0 radical (unpaired) electrons. The van der Waals surface area contributed by atoms with Crippen molar-refractivity contribution in [1.82, 2.24) is 10.0 Å². The van der Waals surface area contributed by atoms with Crippen LogP contribution in [0.25, 0.3) is 16.8 Å². The van der Waals surface area contributed by atoms with E-state index in [2.05, 4.69) is 10.0 Å². The van der Waals surface area contributed by atoms with Gasteiger partial charge >= 0.3 is 0 Å². The summed E-state index contributed by atoms with van der Waals surface area (Å²) in [5.74, 6) is -0.360. The summed E-state index contributed by atoms with van der Waals surface area (Å²) in [6.07, 6.45) is 3.28. The van der Waals surface area contributed by atoms with Crippen molar-refractivity contribution >= 4 is 32.8 Å². The third-order valence-electron chi connectivity index (χ3n) is 4.47. The molecule has 0 saturated heterocycles. The fourth-order valence-corrected chi connectivity index (χ4v) is 3.79. The van der Waals surface area contributed by atoms with Gasteiger partial charge in [0.2, 0.25) is 15.9 Å². The lowest BCUT2D eigenvalue weighted by Gasteiger charge is -2.10. The molecular weight excluding hydrogens is 372 g/mol. The summed E-state index contributed by atoms with van der Waals surface area (Å²) in [6.45, 7) is 0.258. The quantitative estimate of drug-likeness (QED) is 0.604. The Morgan fingerprint density at radius 1 is 0.929 bits per heavy atom. The molecule has 0 aliphatic rings. The summed E-state index contributed by atoms with van der Waals surface area (Å²) in [5, 5.41) is 5.02. The van der Waals surface area contributed by atoms with Crippen LogP contribution in [0.2, 0.25) is 0 Å². The van der Waals surface area contributed by atoms with Crippen molar-refractivity contribution in [2.24, 2.45) is 0 Å². The molecular formula is C22H22N2O3S. The molecule has 0 spiro atoms. The molecule has 3 aromatic carbocycles. The molecule has 3 rings (SSSR count). The smallest absolute Gasteiger partial charge is 0.244 e. The number of amides is 1. The van der Waals surface area contributed by atoms with E-state index in [4.69, 9.17) is 0 Å². The molecule has 0 aromatic heterocycles. The predicted octanol–water partition coefficient (Wildman–Crippen LogP) is 3.22. The van der Waals surface area contributed by atoms with Crippen molar-refractivity contribution in [3.8, 4) is 0 Å². The van der Waals surface area contributed by atoms with E-state index in [9.17, 15) is 13.2 Å². The molecule has 1 amide bonds. The van der Waals surface area contributed by atoms with Crippen molar-refractivity contribution in [1.29, 1.82) is 0 Å². The number of carbonyl (C=O) groups excluding carboxylic acids is 1. The van der Waals surface area contributed by atoms with Gasteiger partial charge in [-0.25, -0.2) is 13.1 Å². The van der Waals surface area contributed by atoms with Gasteiger partial charge in [-0.15, -0.1) is 0 Å². The summed E-state index contributed by atoms with van der Waals surface area (Å²) in [7, 11) is -1.99. The Hall–Kier alpha value is -2.96. The topological polar surface area (TPSA) is 75.3 Å². The zero-order valence-electron chi connectivity index (χ0n) is 15.6. The largest absolute Gasteiger partial charge is 0.348 e. The first-order valence-corrected chi connectivity index (χ1v) is 10.6. The van der Waals surface area contributed by atoms with E-state index >= 15 is 0 Å². The van der Waals surface area contributed by atoms with E-state index in [1.807, 2.05) is 54.6 Å². The van der Waals surface area contributed by atoms with Gasteiger partial charge in [-0.1, -0.05) is 66.7 Å². The minimum absolute atomic E-state index is 0.124. The second-order valence-electron chi connectivity index (χ2n) is 6.35. The summed E-state index contributed by atoms with van der Waals surface area (Å²) < 4.78 is 25.9. The lowest BCUT2D eigenvalue weighted by Crippen LogP contribution is -2.24. The first kappa shape index (κ1) is 19.8. The first-order chi connectivity index (χ1) is 13.5. The van der Waals surface area contributed by atoms with Crippen LogP contribution in [0.3, 0.4) is 0 Å². The van der Waals surface area contributed by atoms with Crippen LogP contribution in [-0.2, 0) is 27.1 Å². The molecule has 144 valence electrons. The number of fused-ring (bicyclic) bond motifs is 1. The van der Waals surface area contributed by atoms with Crippen LogP contribution in [0.4, 0.5) is 0 Å². The van der Waals surface area contributed by atoms with Crippen LogP contribution in [0.15, 0.2) is 72.8 Å². The van der Waals surface area contributed by atoms with Gasteiger partial charge in [-0.2, -0.15) is 0 Å². The number of hydrogen-bond acceptors (Lipinski definition) is 3. The third kappa shape index (κ3) is 5.06. The Bertz CT molecular complexity index is 1120. The van der Waals surface area contributed by atoms with Gasteiger partial charge < -0.3 is 5.32 Å². The molecule has 2 N–H and O–H groups in total. The van der Waals surface area contributed by atoms with Crippen LogP contribution < -0.4 is 10.0 Å². The minimum Gasteiger partial charge on any atom is -0.348 e. The maximum Gasteiger partial charge on any atom is 0.244 e. The number of sulfonamides is 1. The number of hydrogen-bond donors (Lipinski definition) is 2. The summed E-state index contributed by atoms with van der Waals surface area (Å²) in [5.41, 5.74) is 2.40. The molecule has 5 nitrogen and oxygen atoms in total. The molecule has 0 fully saturated rings. The zero-order chi connectivity index (χ0) is 20.0. The van der Waals surface area contributed by atoms with Gasteiger partial charge in [0.1, 0.15) is 0 Å². The number of nitrogens with one attached hydrogen (secondary N) is 2. The molecule has 0 aliphatic heterocycles. The lowest BCUT2D eigenvalue weighted by atomic mass is 10.0. The number of carbonyl (C=O) groups is 1. The van der Waals surface area contributed by atoms with Crippen molar-refractivity contribution in [3.63, 3.8) is 0 Å². The highest BCUT2D eigenvalue weighted by atomic mass is 32.2. The van der Waals surface area contributed by atoms with Gasteiger partial charge in [-0.3, -0.25) is 4.79 Å². The average Bonchev–Trinajstić information content (AvgIpc) is 2.71. The van der Waals surface area contributed by atoms with Crippen molar-refractivity contribution < 1.29 is 13.2 Å². The van der Waals surface area contributed by atoms with Crippen LogP contribution in [0.1, 0.15) is 16.7 Å². The van der Waals surface area contributed by atoms with Gasteiger partial charge in [0.25, 0.3) is 0 Å². The summed E-state index contributed by atoms with van der Waals surface area (Å²) >= 11 is 0. The standard InChI is InChI=1S/C22H22N2O3S/c1-23-28(26,27)16-20-9-3-2-8-19(20)15-24-22(25)14-13-18-11-6-10-17-7-4-5-12-21(17)18/h2-14,23H,15-16H2,1H3,(H,24,25)/b14-13+. The molecule has 0 unspecified atom stereocenters. The summed E-state index contributed by atoms with van der Waals surface area (Å²) in [4.78, 5) is 12.2. The minimum atomic E-state index is -3.38. The molecule has 0 heterocycles. The van der Waals surface area contributed by atoms with Gasteiger partial charge in [0.05, 0.1) is 5.75 Å². The molecule has 28 heavy (non-hydrogen) atoms. The monoisotopic (exact) mass is 394 g/mol. The third-order valence-corrected chi connectivity index (χ3v) is 5.78. The maximum atomic E-state index is 12.2. The second-order valence-corrected chi connectivity index (χ2v) is 8.28. The highest BCUT2D eigenvalue weighted by Gasteiger charge is 2.12. The van der Waals surface area contributed by atoms with E-state index in [1.165, 1.54) is 13.1 Å². The van der Waals surface area contributed by atoms with E-state index < -0.39 is 10.0 Å². The molecule has 0 aliphatic carbocycles. The highest BCUT2D eigenvalue weighted by Crippen LogP contribution is 2.19. The van der Waals surface area contributed by atoms with E-state index in [0.29, 0.717) is 5.56 Å². The van der Waals surface area contributed by atoms with Crippen LogP contribution in [0, 0.1) is 0 Å². The second kappa shape index (κ2) is 8.82. The fourth-order valence-electron chi connectivity index (χ4n) is 2.95. The number of benzene rings is 3. The van der Waals surface area contributed by atoms with E-state index in [0.717, 1.165) is 21.9 Å². The normalized spacial score (nSPS) is 11.8. The highest BCUT2D eigenvalue weighted by molar-refractivity contribution is 7.88. The average molecular weight is 394 g/mol. The lowest BCUT2D eigenvalue weighted by molar-refractivity contribution is -0.116. The Kier molecular flexibility index (Phi) is 6.23. The van der Waals surface area contributed by atoms with Gasteiger partial charge in [-0.05, 0) is 40.6 Å². The van der Waals surface area contributed by atoms with Crippen LogP contribution in [-0.4, -0.2) is 21.4 Å². The Morgan fingerprint density at radius 2 is 1.61 bits per heavy atom. The number of rotatable bonds is 7. The Balaban J connectivity index is 1.69. The molecule has 0 saturated carbocycles. The SMILES string of the molecule is CNS(=O)(=O)Cc1ccccc1CNC(=O)/C=C/c1cccc2ccccc12. The molecule has 6 heteroatoms. The van der Waals surface area contributed by atoms with E-state index in [1.54, 1.807) is 18.2 Å². The molecule has 0 atom stereocenters. The Morgan fingerprint density at radius 3 is 2.39 bits per heavy atom. The van der Waals surface area contributed by atoms with Gasteiger partial charge in [0.15, 0.2) is 0 Å². The summed E-state index contributed by atoms with van der Waals surface area (Å²) in [6, 6.07) is 21.1. The first-order valence-electron chi connectivity index (χ1n) is 8.90. The van der Waals surface area contributed by atoms with Crippen molar-refractivity contribution in [2.45, 2.75) is 12.3 Å².